The molecule has 1 heterocycles. The molecular formula is C24H33N3O5. The number of anilines is 2. The molecule has 1 aliphatic carbocycles. The van der Waals surface area contributed by atoms with Crippen LogP contribution in [0.4, 0.5) is 11.4 Å². The van der Waals surface area contributed by atoms with Gasteiger partial charge in [-0.1, -0.05) is 27.7 Å². The molecule has 0 fully saturated rings. The summed E-state index contributed by atoms with van der Waals surface area (Å²) < 4.78 is 4.91. The fourth-order valence-electron chi connectivity index (χ4n) is 5.26. The summed E-state index contributed by atoms with van der Waals surface area (Å²) in [6, 6.07) is 2.02. The van der Waals surface area contributed by atoms with Gasteiger partial charge in [0.05, 0.1) is 25.8 Å². The number of aliphatic hydroxyl groups excluding tert-OH is 1. The Labute approximate surface area is 189 Å². The number of nitrogens with one attached hydrogen (secondary N) is 2. The number of hydrogen-bond donors (Lipinski definition) is 3. The van der Waals surface area contributed by atoms with Crippen LogP contribution in [0.5, 0.6) is 0 Å². The molecule has 0 spiro atoms. The molecule has 0 saturated carbocycles. The molecule has 0 atom stereocenters. The van der Waals surface area contributed by atoms with Crippen molar-refractivity contribution in [1.29, 1.82) is 0 Å². The zero-order chi connectivity index (χ0) is 24.0. The van der Waals surface area contributed by atoms with Gasteiger partial charge in [0.25, 0.3) is 5.91 Å². The van der Waals surface area contributed by atoms with E-state index in [2.05, 4.69) is 38.3 Å². The number of fused-ring (bicyclic) bond motifs is 1. The maximum atomic E-state index is 13.1. The first kappa shape index (κ1) is 23.8. The Balaban J connectivity index is 2.23. The molecule has 2 aliphatic rings. The Kier molecular flexibility index (Phi) is 6.12. The Hall–Kier alpha value is -2.87. The van der Waals surface area contributed by atoms with Crippen LogP contribution in [0.3, 0.4) is 0 Å². The largest absolute Gasteiger partial charge is 0.466 e. The monoisotopic (exact) mass is 443 g/mol. The second-order valence-electron chi connectivity index (χ2n) is 9.89. The third-order valence-corrected chi connectivity index (χ3v) is 6.39. The van der Waals surface area contributed by atoms with Crippen LogP contribution in [0.15, 0.2) is 17.3 Å². The summed E-state index contributed by atoms with van der Waals surface area (Å²) in [6.45, 7) is 12.0. The zero-order valence-electron chi connectivity index (χ0n) is 19.9. The van der Waals surface area contributed by atoms with Crippen LogP contribution in [-0.4, -0.2) is 54.6 Å². The van der Waals surface area contributed by atoms with Gasteiger partial charge in [-0.25, -0.2) is 4.79 Å². The lowest BCUT2D eigenvalue weighted by atomic mass is 9.81. The van der Waals surface area contributed by atoms with Gasteiger partial charge in [0.2, 0.25) is 5.91 Å². The van der Waals surface area contributed by atoms with Gasteiger partial charge in [-0.3, -0.25) is 9.59 Å². The Morgan fingerprint density at radius 2 is 1.88 bits per heavy atom. The highest BCUT2D eigenvalue weighted by molar-refractivity contribution is 6.09. The number of carbonyl (C=O) groups excluding carboxylic acids is 3. The predicted molar refractivity (Wildman–Crippen MR) is 122 cm³/mol. The van der Waals surface area contributed by atoms with Crippen molar-refractivity contribution in [3.8, 4) is 0 Å². The molecule has 8 nitrogen and oxygen atoms in total. The third-order valence-electron chi connectivity index (χ3n) is 6.39. The molecule has 8 heteroatoms. The molecule has 0 unspecified atom stereocenters. The molecule has 1 aliphatic heterocycles. The van der Waals surface area contributed by atoms with Gasteiger partial charge >= 0.3 is 5.97 Å². The highest BCUT2D eigenvalue weighted by Crippen LogP contribution is 2.54. The topological polar surface area (TPSA) is 108 Å². The van der Waals surface area contributed by atoms with Crippen LogP contribution in [-0.2, 0) is 30.0 Å². The van der Waals surface area contributed by atoms with Crippen molar-refractivity contribution >= 4 is 29.2 Å². The molecular weight excluding hydrogens is 410 g/mol. The number of carbonyl (C=O) groups is 3. The molecule has 1 aromatic carbocycles. The van der Waals surface area contributed by atoms with Crippen LogP contribution in [0.25, 0.3) is 0 Å². The minimum Gasteiger partial charge on any atom is -0.466 e. The maximum Gasteiger partial charge on any atom is 0.337 e. The van der Waals surface area contributed by atoms with Crippen molar-refractivity contribution in [3.05, 3.63) is 34.0 Å². The van der Waals surface area contributed by atoms with Crippen LogP contribution < -0.4 is 10.6 Å². The van der Waals surface area contributed by atoms with E-state index in [-0.39, 0.29) is 53.6 Å². The summed E-state index contributed by atoms with van der Waals surface area (Å²) in [7, 11) is 1.28. The number of hydrogen-bond acceptors (Lipinski definition) is 6. The summed E-state index contributed by atoms with van der Waals surface area (Å²) in [6.07, 6.45) is 0.889. The zero-order valence-corrected chi connectivity index (χ0v) is 19.9. The predicted octanol–water partition coefficient (Wildman–Crippen LogP) is 2.59. The molecule has 3 N–H and O–H groups in total. The van der Waals surface area contributed by atoms with Crippen LogP contribution in [0.1, 0.15) is 57.7 Å². The van der Waals surface area contributed by atoms with Crippen LogP contribution >= 0.6 is 0 Å². The van der Waals surface area contributed by atoms with E-state index >= 15 is 0 Å². The summed E-state index contributed by atoms with van der Waals surface area (Å²) in [5, 5.41) is 15.5. The number of benzene rings is 1. The molecule has 2 amide bonds. The van der Waals surface area contributed by atoms with Gasteiger partial charge in [0, 0.05) is 24.8 Å². The van der Waals surface area contributed by atoms with Crippen molar-refractivity contribution in [2.24, 2.45) is 0 Å². The number of aliphatic hydroxyl groups is 1. The quantitative estimate of drug-likeness (QED) is 0.584. The van der Waals surface area contributed by atoms with Crippen LogP contribution in [0.2, 0.25) is 0 Å². The van der Waals surface area contributed by atoms with E-state index < -0.39 is 5.97 Å². The van der Waals surface area contributed by atoms with E-state index in [9.17, 15) is 19.5 Å². The Bertz CT molecular complexity index is 1020. The van der Waals surface area contributed by atoms with Gasteiger partial charge < -0.3 is 25.4 Å². The summed E-state index contributed by atoms with van der Waals surface area (Å²) in [4.78, 5) is 38.8. The SMILES string of the molecule is COC(=O)C1=C(Nc2c(C)c(NC(C)=O)cc3c2C(C)(C)CC3(C)C)C(=O)N(CCO)C1. The number of nitrogens with zero attached hydrogens (tertiary/aromatic N) is 1. The van der Waals surface area contributed by atoms with Crippen molar-refractivity contribution in [2.45, 2.75) is 58.8 Å². The normalized spacial score (nSPS) is 18.6. The molecule has 0 radical (unpaired) electrons. The number of ether oxygens (including phenoxy) is 1. The van der Waals surface area contributed by atoms with E-state index in [1.54, 1.807) is 0 Å². The average Bonchev–Trinajstić information content (AvgIpc) is 3.08. The number of methoxy groups -OCH3 is 1. The Morgan fingerprint density at radius 1 is 1.22 bits per heavy atom. The number of rotatable bonds is 6. The molecule has 0 aromatic heterocycles. The van der Waals surface area contributed by atoms with Crippen molar-refractivity contribution in [2.75, 3.05) is 37.4 Å². The highest BCUT2D eigenvalue weighted by Gasteiger charge is 2.45. The standard InChI is InChI=1S/C24H33N3O5/c1-13-17(25-14(2)29)10-16-18(24(5,6)12-23(16,3)4)19(13)26-20-15(22(31)32-7)11-27(8-9-28)21(20)30/h10,26,28H,8-9,11-12H2,1-7H3,(H,25,29). The average molecular weight is 444 g/mol. The highest BCUT2D eigenvalue weighted by atomic mass is 16.5. The van der Waals surface area contributed by atoms with Gasteiger partial charge in [-0.05, 0) is 46.9 Å². The van der Waals surface area contributed by atoms with E-state index in [1.807, 2.05) is 13.0 Å². The molecule has 0 bridgehead atoms. The van der Waals surface area contributed by atoms with Gasteiger partial charge in [-0.2, -0.15) is 0 Å². The van der Waals surface area contributed by atoms with Crippen LogP contribution in [0, 0.1) is 6.92 Å². The van der Waals surface area contributed by atoms with E-state index in [0.29, 0.717) is 5.69 Å². The molecule has 32 heavy (non-hydrogen) atoms. The summed E-state index contributed by atoms with van der Waals surface area (Å²) >= 11 is 0. The second-order valence-corrected chi connectivity index (χ2v) is 9.89. The molecule has 174 valence electrons. The third kappa shape index (κ3) is 3.99. The Morgan fingerprint density at radius 3 is 2.44 bits per heavy atom. The van der Waals surface area contributed by atoms with Crippen molar-refractivity contribution in [3.63, 3.8) is 0 Å². The molecule has 3 rings (SSSR count). The number of esters is 1. The van der Waals surface area contributed by atoms with E-state index in [0.717, 1.165) is 28.8 Å². The smallest absolute Gasteiger partial charge is 0.337 e. The first-order chi connectivity index (χ1) is 14.8. The van der Waals surface area contributed by atoms with Gasteiger partial charge in [0.15, 0.2) is 0 Å². The van der Waals surface area contributed by atoms with Gasteiger partial charge in [0.1, 0.15) is 5.70 Å². The number of β-amino-alcohol motifs (C(OH)–C–C–N with tert-alkyl or cyclic N) is 1. The minimum atomic E-state index is -0.590. The maximum absolute atomic E-state index is 13.1. The number of amides is 2. The summed E-state index contributed by atoms with van der Waals surface area (Å²) in [5.41, 5.74) is 4.37. The van der Waals surface area contributed by atoms with Crippen molar-refractivity contribution in [1.82, 2.24) is 4.90 Å². The summed E-state index contributed by atoms with van der Waals surface area (Å²) in [5.74, 6) is -1.14. The fourth-order valence-corrected chi connectivity index (χ4v) is 5.26. The van der Waals surface area contributed by atoms with Crippen molar-refractivity contribution < 1.29 is 24.2 Å². The lowest BCUT2D eigenvalue weighted by Gasteiger charge is -2.26. The lowest BCUT2D eigenvalue weighted by Crippen LogP contribution is -2.31. The molecule has 0 saturated heterocycles. The van der Waals surface area contributed by atoms with E-state index in [1.165, 1.54) is 18.9 Å². The first-order valence-electron chi connectivity index (χ1n) is 10.8. The minimum absolute atomic E-state index is 0.0654. The first-order valence-corrected chi connectivity index (χ1v) is 10.8. The lowest BCUT2D eigenvalue weighted by molar-refractivity contribution is -0.136. The molecule has 1 aromatic rings. The van der Waals surface area contributed by atoms with E-state index in [4.69, 9.17) is 4.74 Å². The second kappa shape index (κ2) is 8.24. The fraction of sp³-hybridized carbons (Fsp3) is 0.542. The van der Waals surface area contributed by atoms with Gasteiger partial charge in [-0.15, -0.1) is 0 Å².